The Kier molecular flexibility index (Phi) is 1.91. The van der Waals surface area contributed by atoms with E-state index in [9.17, 15) is 0 Å². The molecule has 0 aromatic heterocycles. The zero-order valence-electron chi connectivity index (χ0n) is 8.93. The lowest BCUT2D eigenvalue weighted by molar-refractivity contribution is 0.164. The van der Waals surface area contributed by atoms with Crippen LogP contribution in [-0.4, -0.2) is 29.6 Å². The van der Waals surface area contributed by atoms with Gasteiger partial charge < -0.3 is 5.32 Å². The van der Waals surface area contributed by atoms with Crippen molar-refractivity contribution in [2.75, 3.05) is 13.1 Å². The Morgan fingerprint density at radius 2 is 2.08 bits per heavy atom. The summed E-state index contributed by atoms with van der Waals surface area (Å²) in [5.74, 6) is 0.812. The van der Waals surface area contributed by atoms with Crippen LogP contribution in [0.5, 0.6) is 0 Å². The highest BCUT2D eigenvalue weighted by Crippen LogP contribution is 2.32. The number of fused-ring (bicyclic) bond motifs is 1. The molecule has 2 heteroatoms. The average molecular weight is 180 g/mol. The molecule has 0 aliphatic carbocycles. The molecule has 2 saturated heterocycles. The van der Waals surface area contributed by atoms with Crippen molar-refractivity contribution in [2.24, 2.45) is 5.92 Å². The van der Waals surface area contributed by atoms with Crippen LogP contribution >= 0.6 is 0 Å². The lowest BCUT2D eigenvalue weighted by atomic mass is 10.0. The SMILES string of the molecule is C=C1CC2CN(C(C)(C)C)CC2N1. The van der Waals surface area contributed by atoms with Gasteiger partial charge in [-0.25, -0.2) is 0 Å². The van der Waals surface area contributed by atoms with Gasteiger partial charge in [-0.1, -0.05) is 6.58 Å². The van der Waals surface area contributed by atoms with Crippen molar-refractivity contribution in [1.29, 1.82) is 0 Å². The van der Waals surface area contributed by atoms with Gasteiger partial charge in [-0.05, 0) is 33.1 Å². The van der Waals surface area contributed by atoms with E-state index in [2.05, 4.69) is 37.6 Å². The molecule has 2 nitrogen and oxygen atoms in total. The summed E-state index contributed by atoms with van der Waals surface area (Å²) in [5.41, 5.74) is 1.57. The van der Waals surface area contributed by atoms with Gasteiger partial charge in [-0.2, -0.15) is 0 Å². The number of nitrogens with one attached hydrogen (secondary N) is 1. The van der Waals surface area contributed by atoms with Crippen molar-refractivity contribution >= 4 is 0 Å². The van der Waals surface area contributed by atoms with Crippen LogP contribution in [0.15, 0.2) is 12.3 Å². The summed E-state index contributed by atoms with van der Waals surface area (Å²) in [4.78, 5) is 2.57. The Bertz CT molecular complexity index is 211. The quantitative estimate of drug-likeness (QED) is 0.609. The van der Waals surface area contributed by atoms with E-state index in [1.54, 1.807) is 0 Å². The Labute approximate surface area is 81.0 Å². The van der Waals surface area contributed by atoms with Crippen LogP contribution in [0, 0.1) is 5.92 Å². The van der Waals surface area contributed by atoms with Gasteiger partial charge >= 0.3 is 0 Å². The first-order valence-corrected chi connectivity index (χ1v) is 5.16. The molecule has 13 heavy (non-hydrogen) atoms. The molecule has 2 heterocycles. The van der Waals surface area contributed by atoms with Crippen LogP contribution in [0.1, 0.15) is 27.2 Å². The fourth-order valence-corrected chi connectivity index (χ4v) is 2.43. The van der Waals surface area contributed by atoms with E-state index >= 15 is 0 Å². The van der Waals surface area contributed by atoms with Gasteiger partial charge in [0.15, 0.2) is 0 Å². The van der Waals surface area contributed by atoms with E-state index in [4.69, 9.17) is 0 Å². The second-order valence-corrected chi connectivity index (χ2v) is 5.39. The molecular weight excluding hydrogens is 160 g/mol. The van der Waals surface area contributed by atoms with Crippen molar-refractivity contribution in [3.8, 4) is 0 Å². The minimum absolute atomic E-state index is 0.327. The summed E-state index contributed by atoms with van der Waals surface area (Å²) in [6.07, 6.45) is 1.18. The fourth-order valence-electron chi connectivity index (χ4n) is 2.43. The molecule has 0 aromatic rings. The van der Waals surface area contributed by atoms with E-state index in [0.29, 0.717) is 11.6 Å². The van der Waals surface area contributed by atoms with Crippen molar-refractivity contribution in [2.45, 2.75) is 38.8 Å². The molecule has 2 aliphatic heterocycles. The summed E-state index contributed by atoms with van der Waals surface area (Å²) < 4.78 is 0. The van der Waals surface area contributed by atoms with Crippen LogP contribution in [0.25, 0.3) is 0 Å². The third-order valence-corrected chi connectivity index (χ3v) is 3.29. The maximum atomic E-state index is 3.99. The van der Waals surface area contributed by atoms with Gasteiger partial charge in [-0.15, -0.1) is 0 Å². The molecular formula is C11H20N2. The van der Waals surface area contributed by atoms with Crippen molar-refractivity contribution < 1.29 is 0 Å². The molecule has 0 aromatic carbocycles. The van der Waals surface area contributed by atoms with Crippen molar-refractivity contribution in [1.82, 2.24) is 10.2 Å². The van der Waals surface area contributed by atoms with Crippen LogP contribution in [-0.2, 0) is 0 Å². The molecule has 2 atom stereocenters. The second kappa shape index (κ2) is 2.74. The van der Waals surface area contributed by atoms with Gasteiger partial charge in [-0.3, -0.25) is 4.90 Å². The second-order valence-electron chi connectivity index (χ2n) is 5.39. The van der Waals surface area contributed by atoms with E-state index in [1.165, 1.54) is 25.2 Å². The Morgan fingerprint density at radius 1 is 1.38 bits per heavy atom. The first-order valence-electron chi connectivity index (χ1n) is 5.16. The minimum Gasteiger partial charge on any atom is -0.384 e. The molecule has 2 rings (SSSR count). The number of allylic oxidation sites excluding steroid dienone is 1. The van der Waals surface area contributed by atoms with E-state index in [-0.39, 0.29) is 0 Å². The molecule has 0 radical (unpaired) electrons. The lowest BCUT2D eigenvalue weighted by Gasteiger charge is -2.32. The topological polar surface area (TPSA) is 15.3 Å². The van der Waals surface area contributed by atoms with Crippen molar-refractivity contribution in [3.05, 3.63) is 12.3 Å². The summed E-state index contributed by atoms with van der Waals surface area (Å²) in [7, 11) is 0. The summed E-state index contributed by atoms with van der Waals surface area (Å²) >= 11 is 0. The fraction of sp³-hybridized carbons (Fsp3) is 0.818. The zero-order chi connectivity index (χ0) is 9.64. The molecule has 0 spiro atoms. The number of likely N-dealkylation sites (tertiary alicyclic amines) is 1. The van der Waals surface area contributed by atoms with Gasteiger partial charge in [0.2, 0.25) is 0 Å². The predicted molar refractivity (Wildman–Crippen MR) is 55.5 cm³/mol. The minimum atomic E-state index is 0.327. The molecule has 0 amide bonds. The first kappa shape index (κ1) is 9.07. The van der Waals surface area contributed by atoms with E-state index in [0.717, 1.165) is 5.92 Å². The van der Waals surface area contributed by atoms with E-state index < -0.39 is 0 Å². The van der Waals surface area contributed by atoms with E-state index in [1.807, 2.05) is 0 Å². The maximum absolute atomic E-state index is 3.99. The third kappa shape index (κ3) is 1.60. The zero-order valence-corrected chi connectivity index (χ0v) is 8.93. The van der Waals surface area contributed by atoms with Crippen LogP contribution in [0.2, 0.25) is 0 Å². The number of rotatable bonds is 0. The van der Waals surface area contributed by atoms with Gasteiger partial charge in [0.1, 0.15) is 0 Å². The molecule has 1 N–H and O–H groups in total. The average Bonchev–Trinajstić information content (AvgIpc) is 2.40. The number of nitrogens with zero attached hydrogens (tertiary/aromatic N) is 1. The highest BCUT2D eigenvalue weighted by Gasteiger charge is 2.40. The van der Waals surface area contributed by atoms with Gasteiger partial charge in [0.05, 0.1) is 0 Å². The molecule has 2 fully saturated rings. The smallest absolute Gasteiger partial charge is 0.0429 e. The van der Waals surface area contributed by atoms with Crippen molar-refractivity contribution in [3.63, 3.8) is 0 Å². The highest BCUT2D eigenvalue weighted by molar-refractivity contribution is 5.10. The summed E-state index contributed by atoms with van der Waals surface area (Å²) in [6, 6.07) is 0.673. The summed E-state index contributed by atoms with van der Waals surface area (Å²) in [6.45, 7) is 13.3. The Balaban J connectivity index is 2.01. The monoisotopic (exact) mass is 180 g/mol. The third-order valence-electron chi connectivity index (χ3n) is 3.29. The molecule has 2 aliphatic rings. The number of hydrogen-bond acceptors (Lipinski definition) is 2. The maximum Gasteiger partial charge on any atom is 0.0429 e. The van der Waals surface area contributed by atoms with Gasteiger partial charge in [0.25, 0.3) is 0 Å². The van der Waals surface area contributed by atoms with Crippen LogP contribution in [0.3, 0.4) is 0 Å². The Hall–Kier alpha value is -0.500. The summed E-state index contributed by atoms with van der Waals surface area (Å²) in [5, 5.41) is 3.48. The largest absolute Gasteiger partial charge is 0.384 e. The lowest BCUT2D eigenvalue weighted by Crippen LogP contribution is -2.41. The van der Waals surface area contributed by atoms with Gasteiger partial charge in [0, 0.05) is 30.4 Å². The van der Waals surface area contributed by atoms with Crippen LogP contribution < -0.4 is 5.32 Å². The Morgan fingerprint density at radius 3 is 2.62 bits per heavy atom. The molecule has 74 valence electrons. The number of hydrogen-bond donors (Lipinski definition) is 1. The first-order chi connectivity index (χ1) is 5.97. The highest BCUT2D eigenvalue weighted by atomic mass is 15.3. The van der Waals surface area contributed by atoms with Crippen LogP contribution in [0.4, 0.5) is 0 Å². The molecule has 0 bridgehead atoms. The predicted octanol–water partition coefficient (Wildman–Crippen LogP) is 1.59. The molecule has 0 saturated carbocycles. The standard InChI is InChI=1S/C11H20N2/c1-8-5-9-6-13(11(2,3)4)7-10(9)12-8/h9-10,12H,1,5-7H2,2-4H3. The normalized spacial score (nSPS) is 34.8. The molecule has 2 unspecified atom stereocenters.